The van der Waals surface area contributed by atoms with E-state index in [9.17, 15) is 16.8 Å². The van der Waals surface area contributed by atoms with Gasteiger partial charge in [0.15, 0.2) is 9.84 Å². The highest BCUT2D eigenvalue weighted by Crippen LogP contribution is 2.31. The third-order valence-corrected chi connectivity index (χ3v) is 7.44. The van der Waals surface area contributed by atoms with Gasteiger partial charge in [0.2, 0.25) is 10.0 Å². The zero-order valence-corrected chi connectivity index (χ0v) is 15.6. The molecule has 0 aliphatic carbocycles. The molecule has 8 nitrogen and oxygen atoms in total. The van der Waals surface area contributed by atoms with Gasteiger partial charge in [0, 0.05) is 45.3 Å². The molecule has 1 aromatic heterocycles. The van der Waals surface area contributed by atoms with Crippen molar-refractivity contribution in [2.24, 2.45) is 7.05 Å². The van der Waals surface area contributed by atoms with Crippen LogP contribution in [0.2, 0.25) is 0 Å². The highest BCUT2D eigenvalue weighted by molar-refractivity contribution is 7.93. The topological polar surface area (TPSA) is 101 Å². The van der Waals surface area contributed by atoms with Crippen molar-refractivity contribution in [1.82, 2.24) is 19.2 Å². The fourth-order valence-electron chi connectivity index (χ4n) is 2.99. The van der Waals surface area contributed by atoms with Crippen LogP contribution in [0.5, 0.6) is 0 Å². The maximum atomic E-state index is 13.3. The molecule has 136 valence electrons. The van der Waals surface area contributed by atoms with E-state index in [1.54, 1.807) is 24.0 Å². The molecule has 0 amide bonds. The summed E-state index contributed by atoms with van der Waals surface area (Å²) in [6, 6.07) is 5.19. The van der Waals surface area contributed by atoms with Gasteiger partial charge in [0.25, 0.3) is 0 Å². The van der Waals surface area contributed by atoms with E-state index in [1.807, 2.05) is 0 Å². The molecule has 1 unspecified atom stereocenters. The summed E-state index contributed by atoms with van der Waals surface area (Å²) in [5.74, 6) is 0.604. The maximum Gasteiger partial charge on any atom is 0.245 e. The molecular formula is C15H20N4O4S2. The highest BCUT2D eigenvalue weighted by Gasteiger charge is 2.38. The Hall–Kier alpha value is -1.75. The predicted octanol–water partition coefficient (Wildman–Crippen LogP) is 0.159. The molecule has 25 heavy (non-hydrogen) atoms. The molecule has 1 N–H and O–H groups in total. The van der Waals surface area contributed by atoms with Gasteiger partial charge in [-0.3, -0.25) is 0 Å². The Balaban J connectivity index is 2.12. The third kappa shape index (κ3) is 3.34. The van der Waals surface area contributed by atoms with Gasteiger partial charge in [-0.15, -0.1) is 0 Å². The molecule has 2 heterocycles. The number of nitrogens with zero attached hydrogens (tertiary/aromatic N) is 3. The summed E-state index contributed by atoms with van der Waals surface area (Å²) in [6.07, 6.45) is 4.37. The fourth-order valence-corrected chi connectivity index (χ4v) is 6.18. The number of sulfone groups is 1. The van der Waals surface area contributed by atoms with E-state index in [0.717, 1.165) is 6.26 Å². The maximum absolute atomic E-state index is 13.3. The quantitative estimate of drug-likeness (QED) is 0.806. The van der Waals surface area contributed by atoms with Gasteiger partial charge >= 0.3 is 0 Å². The van der Waals surface area contributed by atoms with E-state index in [4.69, 9.17) is 0 Å². The van der Waals surface area contributed by atoms with Crippen LogP contribution < -0.4 is 5.32 Å². The number of rotatable bonds is 4. The standard InChI is InChI=1S/C15H20N4O4S2/c1-18-9-8-17-15(18)12-11-16-7-10-19(12)25(22,23)14-6-4-3-5-13(14)24(2,20)21/h3-6,8-9,12,16H,7,10-11H2,1-2H3. The lowest BCUT2D eigenvalue weighted by atomic mass is 10.2. The average molecular weight is 384 g/mol. The Morgan fingerprint density at radius 3 is 2.44 bits per heavy atom. The summed E-state index contributed by atoms with van der Waals surface area (Å²) in [7, 11) is -5.89. The highest BCUT2D eigenvalue weighted by atomic mass is 32.2. The van der Waals surface area contributed by atoms with E-state index < -0.39 is 25.9 Å². The van der Waals surface area contributed by atoms with Gasteiger partial charge in [0.1, 0.15) is 10.7 Å². The van der Waals surface area contributed by atoms with Crippen LogP contribution in [0.3, 0.4) is 0 Å². The second-order valence-corrected chi connectivity index (χ2v) is 9.79. The van der Waals surface area contributed by atoms with Crippen LogP contribution in [0, 0.1) is 0 Å². The summed E-state index contributed by atoms with van der Waals surface area (Å²) >= 11 is 0. The van der Waals surface area contributed by atoms with Gasteiger partial charge < -0.3 is 9.88 Å². The fraction of sp³-hybridized carbons (Fsp3) is 0.400. The summed E-state index contributed by atoms with van der Waals surface area (Å²) < 4.78 is 53.7. The van der Waals surface area contributed by atoms with E-state index in [2.05, 4.69) is 10.3 Å². The van der Waals surface area contributed by atoms with Gasteiger partial charge in [-0.1, -0.05) is 12.1 Å². The van der Waals surface area contributed by atoms with Gasteiger partial charge in [-0.2, -0.15) is 4.31 Å². The van der Waals surface area contributed by atoms with Crippen molar-refractivity contribution in [3.63, 3.8) is 0 Å². The van der Waals surface area contributed by atoms with E-state index in [-0.39, 0.29) is 16.3 Å². The average Bonchev–Trinajstić information content (AvgIpc) is 3.00. The van der Waals surface area contributed by atoms with Gasteiger partial charge in [-0.05, 0) is 12.1 Å². The predicted molar refractivity (Wildman–Crippen MR) is 92.3 cm³/mol. The number of sulfonamides is 1. The number of imidazole rings is 1. The van der Waals surface area contributed by atoms with Crippen molar-refractivity contribution < 1.29 is 16.8 Å². The molecule has 1 aromatic carbocycles. The molecule has 1 fully saturated rings. The first-order valence-corrected chi connectivity index (χ1v) is 11.0. The molecule has 10 heteroatoms. The smallest absolute Gasteiger partial charge is 0.245 e. The summed E-state index contributed by atoms with van der Waals surface area (Å²) in [6.45, 7) is 1.13. The molecule has 3 rings (SSSR count). The Morgan fingerprint density at radius 1 is 1.16 bits per heavy atom. The second-order valence-electron chi connectivity index (χ2n) is 5.95. The van der Waals surface area contributed by atoms with Gasteiger partial charge in [-0.25, -0.2) is 21.8 Å². The van der Waals surface area contributed by atoms with Crippen molar-refractivity contribution in [2.75, 3.05) is 25.9 Å². The Morgan fingerprint density at radius 2 is 1.84 bits per heavy atom. The minimum Gasteiger partial charge on any atom is -0.337 e. The Kier molecular flexibility index (Phi) is 4.71. The molecule has 0 radical (unpaired) electrons. The monoisotopic (exact) mass is 384 g/mol. The Bertz CT molecular complexity index is 982. The van der Waals surface area contributed by atoms with Crippen LogP contribution in [-0.2, 0) is 26.9 Å². The summed E-state index contributed by atoms with van der Waals surface area (Å²) in [5.41, 5.74) is 0. The molecular weight excluding hydrogens is 364 g/mol. The number of benzene rings is 1. The number of hydrogen-bond acceptors (Lipinski definition) is 6. The first-order chi connectivity index (χ1) is 11.7. The summed E-state index contributed by atoms with van der Waals surface area (Å²) in [4.78, 5) is 3.88. The van der Waals surface area contributed by atoms with Crippen LogP contribution in [0.1, 0.15) is 11.9 Å². The lowest BCUT2D eigenvalue weighted by Crippen LogP contribution is -2.49. The minimum atomic E-state index is -4.01. The molecule has 0 saturated carbocycles. The van der Waals surface area contributed by atoms with Crippen molar-refractivity contribution in [3.05, 3.63) is 42.5 Å². The zero-order chi connectivity index (χ0) is 18.2. The SMILES string of the molecule is Cn1ccnc1C1CNCCN1S(=O)(=O)c1ccccc1S(C)(=O)=O. The minimum absolute atomic E-state index is 0.188. The first-order valence-electron chi connectivity index (χ1n) is 7.72. The third-order valence-electron chi connectivity index (χ3n) is 4.19. The molecule has 0 bridgehead atoms. The number of aryl methyl sites for hydroxylation is 1. The zero-order valence-electron chi connectivity index (χ0n) is 14.0. The van der Waals surface area contributed by atoms with E-state index >= 15 is 0 Å². The van der Waals surface area contributed by atoms with E-state index in [1.165, 1.54) is 28.6 Å². The number of piperazine rings is 1. The van der Waals surface area contributed by atoms with Crippen LogP contribution >= 0.6 is 0 Å². The van der Waals surface area contributed by atoms with Crippen molar-refractivity contribution >= 4 is 19.9 Å². The molecule has 1 atom stereocenters. The molecule has 1 aliphatic rings. The molecule has 1 saturated heterocycles. The van der Waals surface area contributed by atoms with Crippen molar-refractivity contribution in [2.45, 2.75) is 15.8 Å². The number of aromatic nitrogens is 2. The number of hydrogen-bond donors (Lipinski definition) is 1. The number of nitrogens with one attached hydrogen (secondary N) is 1. The normalized spacial score (nSPS) is 19.8. The van der Waals surface area contributed by atoms with Gasteiger partial charge in [0.05, 0.1) is 10.9 Å². The second kappa shape index (κ2) is 6.52. The van der Waals surface area contributed by atoms with E-state index in [0.29, 0.717) is 18.9 Å². The lowest BCUT2D eigenvalue weighted by molar-refractivity contribution is 0.258. The first kappa shape index (κ1) is 18.1. The van der Waals surface area contributed by atoms with Crippen LogP contribution in [0.25, 0.3) is 0 Å². The van der Waals surface area contributed by atoms with Crippen molar-refractivity contribution in [3.8, 4) is 0 Å². The van der Waals surface area contributed by atoms with Crippen LogP contribution in [-0.4, -0.2) is 56.6 Å². The van der Waals surface area contributed by atoms with Crippen molar-refractivity contribution in [1.29, 1.82) is 0 Å². The largest absolute Gasteiger partial charge is 0.337 e. The van der Waals surface area contributed by atoms with Crippen LogP contribution in [0.15, 0.2) is 46.5 Å². The lowest BCUT2D eigenvalue weighted by Gasteiger charge is -2.35. The van der Waals surface area contributed by atoms with Crippen LogP contribution in [0.4, 0.5) is 0 Å². The summed E-state index contributed by atoms with van der Waals surface area (Å²) in [5, 5.41) is 3.17. The Labute approximate surface area is 147 Å². The molecule has 2 aromatic rings. The molecule has 1 aliphatic heterocycles. The molecule has 0 spiro atoms.